The number of nitrogen functional groups attached to an aromatic ring is 1. The molecular formula is C19H21N3O4. The highest BCUT2D eigenvalue weighted by atomic mass is 16.4. The van der Waals surface area contributed by atoms with E-state index in [-0.39, 0.29) is 16.8 Å². The van der Waals surface area contributed by atoms with Crippen molar-refractivity contribution in [2.24, 2.45) is 0 Å². The number of nitrogens with one attached hydrogen (secondary N) is 2. The number of carboxylic acid groups (broad SMARTS) is 1. The highest BCUT2D eigenvalue weighted by Crippen LogP contribution is 2.18. The van der Waals surface area contributed by atoms with Gasteiger partial charge in [0.05, 0.1) is 16.8 Å². The summed E-state index contributed by atoms with van der Waals surface area (Å²) in [4.78, 5) is 36.2. The largest absolute Gasteiger partial charge is 0.480 e. The predicted octanol–water partition coefficient (Wildman–Crippen LogP) is 2.50. The maximum Gasteiger partial charge on any atom is 0.326 e. The smallest absolute Gasteiger partial charge is 0.326 e. The lowest BCUT2D eigenvalue weighted by Gasteiger charge is -2.16. The van der Waals surface area contributed by atoms with Crippen LogP contribution in [0.25, 0.3) is 0 Å². The summed E-state index contributed by atoms with van der Waals surface area (Å²) in [6, 6.07) is 12.0. The fourth-order valence-corrected chi connectivity index (χ4v) is 2.47. The summed E-state index contributed by atoms with van der Waals surface area (Å²) in [5.41, 5.74) is 6.86. The number of nitrogens with two attached hydrogens (primary N) is 1. The Morgan fingerprint density at radius 1 is 1.00 bits per heavy atom. The number of hydrogen-bond donors (Lipinski definition) is 4. The van der Waals surface area contributed by atoms with E-state index in [9.17, 15) is 19.5 Å². The minimum absolute atomic E-state index is 0.178. The Bertz CT molecular complexity index is 820. The second-order valence-electron chi connectivity index (χ2n) is 5.74. The van der Waals surface area contributed by atoms with E-state index >= 15 is 0 Å². The van der Waals surface area contributed by atoms with Crippen molar-refractivity contribution in [3.63, 3.8) is 0 Å². The highest BCUT2D eigenvalue weighted by molar-refractivity contribution is 6.11. The summed E-state index contributed by atoms with van der Waals surface area (Å²) in [5, 5.41) is 14.3. The second-order valence-corrected chi connectivity index (χ2v) is 5.74. The predicted molar refractivity (Wildman–Crippen MR) is 99.0 cm³/mol. The number of anilines is 2. The van der Waals surface area contributed by atoms with Gasteiger partial charge in [-0.15, -0.1) is 0 Å². The van der Waals surface area contributed by atoms with Gasteiger partial charge in [0, 0.05) is 5.69 Å². The highest BCUT2D eigenvalue weighted by Gasteiger charge is 2.22. The molecule has 2 aromatic carbocycles. The van der Waals surface area contributed by atoms with E-state index in [1.807, 2.05) is 6.92 Å². The molecule has 2 rings (SSSR count). The van der Waals surface area contributed by atoms with Gasteiger partial charge in [0.15, 0.2) is 0 Å². The number of hydrogen-bond acceptors (Lipinski definition) is 4. The van der Waals surface area contributed by atoms with Crippen LogP contribution in [0, 0.1) is 0 Å². The number of carbonyl (C=O) groups is 3. The molecule has 1 atom stereocenters. The van der Waals surface area contributed by atoms with Crippen LogP contribution in [0.4, 0.5) is 11.4 Å². The van der Waals surface area contributed by atoms with Gasteiger partial charge in [-0.3, -0.25) is 9.59 Å². The van der Waals surface area contributed by atoms with E-state index in [4.69, 9.17) is 5.73 Å². The second kappa shape index (κ2) is 8.66. The molecule has 0 aliphatic rings. The summed E-state index contributed by atoms with van der Waals surface area (Å²) in [5.74, 6) is -2.12. The van der Waals surface area contributed by atoms with Gasteiger partial charge in [-0.05, 0) is 30.7 Å². The first-order valence-corrected chi connectivity index (χ1v) is 8.22. The minimum Gasteiger partial charge on any atom is -0.480 e. The summed E-state index contributed by atoms with van der Waals surface area (Å²) in [7, 11) is 0. The van der Waals surface area contributed by atoms with Crippen molar-refractivity contribution in [1.29, 1.82) is 0 Å². The van der Waals surface area contributed by atoms with Gasteiger partial charge in [0.2, 0.25) is 0 Å². The van der Waals surface area contributed by atoms with Crippen molar-refractivity contribution in [2.45, 2.75) is 25.8 Å². The lowest BCUT2D eigenvalue weighted by Crippen LogP contribution is -2.40. The number of amides is 2. The molecule has 0 heterocycles. The Kier molecular flexibility index (Phi) is 6.32. The molecule has 7 nitrogen and oxygen atoms in total. The van der Waals surface area contributed by atoms with Gasteiger partial charge in [-0.25, -0.2) is 4.79 Å². The lowest BCUT2D eigenvalue weighted by molar-refractivity contribution is -0.139. The molecule has 0 spiro atoms. The van der Waals surface area contributed by atoms with Crippen molar-refractivity contribution in [3.05, 3.63) is 59.7 Å². The normalized spacial score (nSPS) is 11.4. The van der Waals surface area contributed by atoms with E-state index in [1.54, 1.807) is 42.5 Å². The number of carboxylic acids is 1. The lowest BCUT2D eigenvalue weighted by atomic mass is 10.1. The van der Waals surface area contributed by atoms with Gasteiger partial charge >= 0.3 is 5.97 Å². The Morgan fingerprint density at radius 2 is 1.62 bits per heavy atom. The molecule has 2 aromatic rings. The Morgan fingerprint density at radius 3 is 2.23 bits per heavy atom. The number of carbonyl (C=O) groups excluding carboxylic acids is 2. The third-order valence-electron chi connectivity index (χ3n) is 3.81. The zero-order chi connectivity index (χ0) is 19.1. The van der Waals surface area contributed by atoms with Gasteiger partial charge in [-0.2, -0.15) is 0 Å². The van der Waals surface area contributed by atoms with Gasteiger partial charge in [0.25, 0.3) is 11.8 Å². The van der Waals surface area contributed by atoms with Crippen molar-refractivity contribution in [3.8, 4) is 0 Å². The number of para-hydroxylation sites is 2. The third-order valence-corrected chi connectivity index (χ3v) is 3.81. The first kappa shape index (κ1) is 19.0. The van der Waals surface area contributed by atoms with Crippen LogP contribution in [0.1, 0.15) is 40.5 Å². The van der Waals surface area contributed by atoms with Crippen molar-refractivity contribution < 1.29 is 19.5 Å². The van der Waals surface area contributed by atoms with E-state index in [0.717, 1.165) is 0 Å². The number of rotatable bonds is 7. The van der Waals surface area contributed by atoms with Crippen LogP contribution in [0.2, 0.25) is 0 Å². The summed E-state index contributed by atoms with van der Waals surface area (Å²) in [6.07, 6.45) is 0.930. The molecule has 7 heteroatoms. The van der Waals surface area contributed by atoms with Crippen molar-refractivity contribution in [2.75, 3.05) is 11.1 Å². The SMILES string of the molecule is CCCC(NC(=O)c1ccccc1NC(=O)c1ccccc1N)C(=O)O. The Balaban J connectivity index is 2.22. The average Bonchev–Trinajstić information content (AvgIpc) is 2.61. The maximum atomic E-state index is 12.5. The molecule has 136 valence electrons. The monoisotopic (exact) mass is 355 g/mol. The first-order chi connectivity index (χ1) is 12.4. The van der Waals surface area contributed by atoms with Crippen LogP contribution in [-0.2, 0) is 4.79 Å². The van der Waals surface area contributed by atoms with Crippen molar-refractivity contribution in [1.82, 2.24) is 5.32 Å². The number of aliphatic carboxylic acids is 1. The molecule has 1 unspecified atom stereocenters. The molecule has 0 aromatic heterocycles. The zero-order valence-electron chi connectivity index (χ0n) is 14.4. The average molecular weight is 355 g/mol. The van der Waals surface area contributed by atoms with Crippen LogP contribution in [-0.4, -0.2) is 28.9 Å². The molecule has 0 saturated carbocycles. The molecule has 0 fully saturated rings. The standard InChI is InChI=1S/C19H21N3O4/c1-2-7-16(19(25)26)22-18(24)13-9-4-6-11-15(13)21-17(23)12-8-3-5-10-14(12)20/h3-6,8-11,16H,2,7,20H2,1H3,(H,21,23)(H,22,24)(H,25,26). The van der Waals surface area contributed by atoms with Gasteiger partial charge < -0.3 is 21.5 Å². The molecule has 5 N–H and O–H groups in total. The zero-order valence-corrected chi connectivity index (χ0v) is 14.4. The Labute approximate surface area is 151 Å². The van der Waals surface area contributed by atoms with Crippen molar-refractivity contribution >= 4 is 29.2 Å². The van der Waals surface area contributed by atoms with Crippen LogP contribution < -0.4 is 16.4 Å². The quantitative estimate of drug-likeness (QED) is 0.569. The van der Waals surface area contributed by atoms with E-state index < -0.39 is 23.8 Å². The van der Waals surface area contributed by atoms with Gasteiger partial charge in [0.1, 0.15) is 6.04 Å². The van der Waals surface area contributed by atoms with E-state index in [1.165, 1.54) is 6.07 Å². The third kappa shape index (κ3) is 4.60. The van der Waals surface area contributed by atoms with Crippen LogP contribution >= 0.6 is 0 Å². The fraction of sp³-hybridized carbons (Fsp3) is 0.211. The first-order valence-electron chi connectivity index (χ1n) is 8.22. The molecular weight excluding hydrogens is 334 g/mol. The fourth-order valence-electron chi connectivity index (χ4n) is 2.47. The summed E-state index contributed by atoms with van der Waals surface area (Å²) < 4.78 is 0. The molecule has 0 aliphatic carbocycles. The van der Waals surface area contributed by atoms with E-state index in [2.05, 4.69) is 10.6 Å². The Hall–Kier alpha value is -3.35. The molecule has 26 heavy (non-hydrogen) atoms. The summed E-state index contributed by atoms with van der Waals surface area (Å²) in [6.45, 7) is 1.83. The topological polar surface area (TPSA) is 122 Å². The van der Waals surface area contributed by atoms with Crippen LogP contribution in [0.15, 0.2) is 48.5 Å². The maximum absolute atomic E-state index is 12.5. The molecule has 0 saturated heterocycles. The number of benzene rings is 2. The van der Waals surface area contributed by atoms with E-state index in [0.29, 0.717) is 18.5 Å². The molecule has 0 radical (unpaired) electrons. The van der Waals surface area contributed by atoms with Crippen LogP contribution in [0.3, 0.4) is 0 Å². The van der Waals surface area contributed by atoms with Gasteiger partial charge in [-0.1, -0.05) is 37.6 Å². The minimum atomic E-state index is -1.10. The molecule has 2 amide bonds. The van der Waals surface area contributed by atoms with Crippen LogP contribution in [0.5, 0.6) is 0 Å². The molecule has 0 aliphatic heterocycles. The molecule has 0 bridgehead atoms. The summed E-state index contributed by atoms with van der Waals surface area (Å²) >= 11 is 0.